The lowest BCUT2D eigenvalue weighted by molar-refractivity contribution is 0.0969. The predicted molar refractivity (Wildman–Crippen MR) is 87.2 cm³/mol. The van der Waals surface area contributed by atoms with E-state index in [1.165, 1.54) is 37.3 Å². The van der Waals surface area contributed by atoms with Gasteiger partial charge in [0, 0.05) is 29.4 Å². The van der Waals surface area contributed by atoms with E-state index < -0.39 is 11.9 Å². The molecular weight excluding hydrogens is 313 g/mol. The number of hydrogen-bond acceptors (Lipinski definition) is 4. The van der Waals surface area contributed by atoms with Gasteiger partial charge in [0.05, 0.1) is 20.3 Å². The Hall–Kier alpha value is -2.60. The van der Waals surface area contributed by atoms with Gasteiger partial charge in [-0.25, -0.2) is 4.39 Å². The summed E-state index contributed by atoms with van der Waals surface area (Å²) in [6.07, 6.45) is -0.428. The molecule has 1 aliphatic rings. The van der Waals surface area contributed by atoms with Crippen molar-refractivity contribution in [3.63, 3.8) is 0 Å². The third-order valence-corrected chi connectivity index (χ3v) is 4.11. The Bertz CT molecular complexity index is 755. The average molecular weight is 331 g/mol. The van der Waals surface area contributed by atoms with Crippen LogP contribution in [-0.2, 0) is 0 Å². The number of ether oxygens (including phenoxy) is 2. The molecule has 1 aliphatic heterocycles. The van der Waals surface area contributed by atoms with E-state index in [1.54, 1.807) is 18.2 Å². The van der Waals surface area contributed by atoms with Crippen LogP contribution < -0.4 is 14.4 Å². The summed E-state index contributed by atoms with van der Waals surface area (Å²) in [5, 5.41) is 10.1. The second kappa shape index (κ2) is 6.49. The van der Waals surface area contributed by atoms with E-state index >= 15 is 0 Å². The molecule has 2 aromatic carbocycles. The number of fused-ring (bicyclic) bond motifs is 1. The molecule has 1 unspecified atom stereocenters. The summed E-state index contributed by atoms with van der Waals surface area (Å²) in [5.41, 5.74) is 1.34. The van der Waals surface area contributed by atoms with Crippen LogP contribution >= 0.6 is 0 Å². The van der Waals surface area contributed by atoms with Crippen LogP contribution in [0.15, 0.2) is 36.4 Å². The number of hydrogen-bond donors (Lipinski definition) is 1. The minimum Gasteiger partial charge on any atom is -0.497 e. The zero-order chi connectivity index (χ0) is 17.3. The van der Waals surface area contributed by atoms with Crippen LogP contribution in [0.2, 0.25) is 0 Å². The highest BCUT2D eigenvalue weighted by molar-refractivity contribution is 6.07. The van der Waals surface area contributed by atoms with Crippen molar-refractivity contribution in [3.8, 4) is 11.5 Å². The first-order valence-corrected chi connectivity index (χ1v) is 7.56. The van der Waals surface area contributed by atoms with Crippen LogP contribution in [0.3, 0.4) is 0 Å². The number of rotatable bonds is 3. The van der Waals surface area contributed by atoms with Crippen molar-refractivity contribution < 1.29 is 23.8 Å². The molecule has 0 saturated carbocycles. The number of halogens is 1. The zero-order valence-corrected chi connectivity index (χ0v) is 13.5. The number of amides is 1. The molecule has 6 heteroatoms. The second-order valence-electron chi connectivity index (χ2n) is 5.57. The molecule has 0 radical (unpaired) electrons. The molecule has 1 amide bonds. The summed E-state index contributed by atoms with van der Waals surface area (Å²) >= 11 is 0. The monoisotopic (exact) mass is 331 g/mol. The number of benzene rings is 2. The molecule has 126 valence electrons. The fraction of sp³-hybridized carbons (Fsp3) is 0.278. The van der Waals surface area contributed by atoms with Gasteiger partial charge in [0.25, 0.3) is 5.91 Å². The molecule has 3 rings (SSSR count). The smallest absolute Gasteiger partial charge is 0.258 e. The van der Waals surface area contributed by atoms with E-state index in [0.29, 0.717) is 41.3 Å². The van der Waals surface area contributed by atoms with Crippen molar-refractivity contribution in [3.05, 3.63) is 53.3 Å². The number of carbonyl (C=O) groups excluding carboxylic acids is 1. The molecule has 1 heterocycles. The SMILES string of the molecule is COc1cc(OC)cc(C(=O)N2CCC(O)c3cc(F)ccc32)c1. The van der Waals surface area contributed by atoms with Gasteiger partial charge in [-0.1, -0.05) is 0 Å². The van der Waals surface area contributed by atoms with E-state index in [-0.39, 0.29) is 5.91 Å². The number of aliphatic hydroxyl groups excluding tert-OH is 1. The predicted octanol–water partition coefficient (Wildman–Crippen LogP) is 2.93. The number of methoxy groups -OCH3 is 2. The van der Waals surface area contributed by atoms with Gasteiger partial charge in [-0.15, -0.1) is 0 Å². The zero-order valence-electron chi connectivity index (χ0n) is 13.5. The van der Waals surface area contributed by atoms with Gasteiger partial charge in [0.1, 0.15) is 17.3 Å². The van der Waals surface area contributed by atoms with E-state index in [2.05, 4.69) is 0 Å². The first-order chi connectivity index (χ1) is 11.5. The van der Waals surface area contributed by atoms with Crippen molar-refractivity contribution in [2.45, 2.75) is 12.5 Å². The number of nitrogens with zero attached hydrogens (tertiary/aromatic N) is 1. The Morgan fingerprint density at radius 1 is 1.17 bits per heavy atom. The quantitative estimate of drug-likeness (QED) is 0.939. The lowest BCUT2D eigenvalue weighted by atomic mass is 9.98. The third kappa shape index (κ3) is 2.92. The molecular formula is C18H18FNO4. The Kier molecular flexibility index (Phi) is 4.40. The van der Waals surface area contributed by atoms with E-state index in [9.17, 15) is 14.3 Å². The maximum atomic E-state index is 13.5. The van der Waals surface area contributed by atoms with Crippen LogP contribution in [0.25, 0.3) is 0 Å². The summed E-state index contributed by atoms with van der Waals surface area (Å²) in [4.78, 5) is 14.5. The second-order valence-corrected chi connectivity index (χ2v) is 5.57. The Labute approximate surface area is 139 Å². The van der Waals surface area contributed by atoms with Gasteiger partial charge < -0.3 is 19.5 Å². The third-order valence-electron chi connectivity index (χ3n) is 4.11. The van der Waals surface area contributed by atoms with Crippen molar-refractivity contribution in [1.82, 2.24) is 0 Å². The number of anilines is 1. The van der Waals surface area contributed by atoms with Gasteiger partial charge in [-0.05, 0) is 36.8 Å². The van der Waals surface area contributed by atoms with Crippen LogP contribution in [0.5, 0.6) is 11.5 Å². The summed E-state index contributed by atoms with van der Waals surface area (Å²) in [5.74, 6) is 0.320. The van der Waals surface area contributed by atoms with Gasteiger partial charge in [0.15, 0.2) is 0 Å². The lowest BCUT2D eigenvalue weighted by Gasteiger charge is -2.32. The molecule has 0 aromatic heterocycles. The normalized spacial score (nSPS) is 16.5. The van der Waals surface area contributed by atoms with Crippen molar-refractivity contribution in [2.75, 3.05) is 25.7 Å². The van der Waals surface area contributed by atoms with Crippen LogP contribution in [0.1, 0.15) is 28.4 Å². The number of aliphatic hydroxyl groups is 1. The summed E-state index contributed by atoms with van der Waals surface area (Å²) in [7, 11) is 3.02. The minimum atomic E-state index is -0.778. The van der Waals surface area contributed by atoms with Crippen molar-refractivity contribution >= 4 is 11.6 Å². The highest BCUT2D eigenvalue weighted by Gasteiger charge is 2.29. The molecule has 2 aromatic rings. The molecule has 1 N–H and O–H groups in total. The van der Waals surface area contributed by atoms with Crippen LogP contribution in [-0.4, -0.2) is 31.8 Å². The first-order valence-electron chi connectivity index (χ1n) is 7.56. The van der Waals surface area contributed by atoms with Gasteiger partial charge in [-0.2, -0.15) is 0 Å². The Balaban J connectivity index is 2.01. The maximum absolute atomic E-state index is 13.5. The highest BCUT2D eigenvalue weighted by atomic mass is 19.1. The highest BCUT2D eigenvalue weighted by Crippen LogP contribution is 2.35. The van der Waals surface area contributed by atoms with Gasteiger partial charge >= 0.3 is 0 Å². The summed E-state index contributed by atoms with van der Waals surface area (Å²) in [6.45, 7) is 0.345. The first kappa shape index (κ1) is 16.3. The molecule has 0 saturated heterocycles. The number of carbonyl (C=O) groups is 1. The standard InChI is InChI=1S/C18H18FNO4/c1-23-13-7-11(8-14(10-13)24-2)18(22)20-6-5-17(21)15-9-12(19)3-4-16(15)20/h3-4,7-10,17,21H,5-6H2,1-2H3. The molecule has 0 spiro atoms. The molecule has 0 aliphatic carbocycles. The van der Waals surface area contributed by atoms with Crippen LogP contribution in [0, 0.1) is 5.82 Å². The molecule has 24 heavy (non-hydrogen) atoms. The summed E-state index contributed by atoms with van der Waals surface area (Å²) in [6, 6.07) is 9.00. The van der Waals surface area contributed by atoms with Crippen molar-refractivity contribution in [1.29, 1.82) is 0 Å². The molecule has 0 bridgehead atoms. The maximum Gasteiger partial charge on any atom is 0.258 e. The van der Waals surface area contributed by atoms with Crippen molar-refractivity contribution in [2.24, 2.45) is 0 Å². The minimum absolute atomic E-state index is 0.257. The van der Waals surface area contributed by atoms with E-state index in [0.717, 1.165) is 0 Å². The fourth-order valence-corrected chi connectivity index (χ4v) is 2.86. The topological polar surface area (TPSA) is 59.0 Å². The summed E-state index contributed by atoms with van der Waals surface area (Å²) < 4.78 is 23.9. The largest absolute Gasteiger partial charge is 0.497 e. The molecule has 1 atom stereocenters. The Morgan fingerprint density at radius 2 is 1.83 bits per heavy atom. The van der Waals surface area contributed by atoms with Gasteiger partial charge in [-0.3, -0.25) is 4.79 Å². The van der Waals surface area contributed by atoms with E-state index in [4.69, 9.17) is 9.47 Å². The lowest BCUT2D eigenvalue weighted by Crippen LogP contribution is -2.36. The van der Waals surface area contributed by atoms with Gasteiger partial charge in [0.2, 0.25) is 0 Å². The Morgan fingerprint density at radius 3 is 2.46 bits per heavy atom. The fourth-order valence-electron chi connectivity index (χ4n) is 2.86. The van der Waals surface area contributed by atoms with E-state index in [1.807, 2.05) is 0 Å². The average Bonchev–Trinajstić information content (AvgIpc) is 2.61. The molecule has 5 nitrogen and oxygen atoms in total. The van der Waals surface area contributed by atoms with Crippen LogP contribution in [0.4, 0.5) is 10.1 Å². The molecule has 0 fully saturated rings.